The summed E-state index contributed by atoms with van der Waals surface area (Å²) >= 11 is 0. The maximum Gasteiger partial charge on any atom is 0.0917 e. The van der Waals surface area contributed by atoms with Crippen molar-refractivity contribution in [2.45, 2.75) is 20.8 Å². The molecular formula is C12H16N2. The Morgan fingerprint density at radius 2 is 2.21 bits per heavy atom. The maximum absolute atomic E-state index is 4.27. The molecule has 1 rings (SSSR count). The molecule has 0 atom stereocenters. The van der Waals surface area contributed by atoms with Crippen molar-refractivity contribution in [1.82, 2.24) is 0 Å². The van der Waals surface area contributed by atoms with Gasteiger partial charge in [-0.25, -0.2) is 0 Å². The van der Waals surface area contributed by atoms with Gasteiger partial charge in [0.15, 0.2) is 0 Å². The Morgan fingerprint density at radius 3 is 2.71 bits per heavy atom. The van der Waals surface area contributed by atoms with Crippen LogP contribution in [0.15, 0.2) is 46.2 Å². The molecule has 0 saturated carbocycles. The van der Waals surface area contributed by atoms with Gasteiger partial charge in [-0.3, -0.25) is 9.98 Å². The van der Waals surface area contributed by atoms with Crippen molar-refractivity contribution in [3.8, 4) is 0 Å². The van der Waals surface area contributed by atoms with E-state index in [0.29, 0.717) is 5.92 Å². The van der Waals surface area contributed by atoms with E-state index in [0.717, 1.165) is 11.4 Å². The Kier molecular flexibility index (Phi) is 3.57. The van der Waals surface area contributed by atoms with E-state index in [1.54, 1.807) is 6.20 Å². The molecule has 0 fully saturated rings. The van der Waals surface area contributed by atoms with E-state index in [2.05, 4.69) is 30.4 Å². The van der Waals surface area contributed by atoms with Crippen LogP contribution >= 0.6 is 0 Å². The van der Waals surface area contributed by atoms with Gasteiger partial charge in [0.05, 0.1) is 11.4 Å². The molecule has 0 radical (unpaired) electrons. The molecule has 0 aromatic rings. The Morgan fingerprint density at radius 1 is 1.50 bits per heavy atom. The van der Waals surface area contributed by atoms with Gasteiger partial charge in [0.2, 0.25) is 0 Å². The van der Waals surface area contributed by atoms with Gasteiger partial charge in [0, 0.05) is 12.4 Å². The van der Waals surface area contributed by atoms with E-state index in [1.165, 1.54) is 5.57 Å². The fourth-order valence-electron chi connectivity index (χ4n) is 1.39. The number of hydrogen-bond donors (Lipinski definition) is 0. The smallest absolute Gasteiger partial charge is 0.0917 e. The zero-order chi connectivity index (χ0) is 10.6. The third-order valence-electron chi connectivity index (χ3n) is 2.10. The number of aliphatic imine (C=N–C) groups is 2. The molecular weight excluding hydrogens is 172 g/mol. The van der Waals surface area contributed by atoms with Crippen LogP contribution in [0.25, 0.3) is 0 Å². The van der Waals surface area contributed by atoms with Gasteiger partial charge < -0.3 is 0 Å². The molecule has 2 heteroatoms. The molecule has 0 amide bonds. The first kappa shape index (κ1) is 10.6. The van der Waals surface area contributed by atoms with Gasteiger partial charge in [-0.2, -0.15) is 0 Å². The lowest BCUT2D eigenvalue weighted by molar-refractivity contribution is 0.802. The highest BCUT2D eigenvalue weighted by atomic mass is 14.8. The summed E-state index contributed by atoms with van der Waals surface area (Å²) in [5.74, 6) is 0.454. The molecule has 0 aromatic carbocycles. The summed E-state index contributed by atoms with van der Waals surface area (Å²) in [6.07, 6.45) is 7.37. The van der Waals surface area contributed by atoms with Crippen molar-refractivity contribution >= 4 is 11.9 Å². The minimum absolute atomic E-state index is 0.454. The predicted octanol–water partition coefficient (Wildman–Crippen LogP) is 3.14. The Balaban J connectivity index is 3.17. The highest BCUT2D eigenvalue weighted by molar-refractivity contribution is 6.16. The first-order valence-corrected chi connectivity index (χ1v) is 4.80. The molecule has 0 N–H and O–H groups in total. The van der Waals surface area contributed by atoms with Gasteiger partial charge in [0.25, 0.3) is 0 Å². The van der Waals surface area contributed by atoms with Crippen molar-refractivity contribution < 1.29 is 0 Å². The van der Waals surface area contributed by atoms with Gasteiger partial charge in [-0.15, -0.1) is 0 Å². The molecule has 0 aliphatic carbocycles. The Bertz CT molecular complexity index is 341. The SMILES string of the molecule is C=CN=C1C(C(C)C)=CC=N/C1=C/C. The third-order valence-corrected chi connectivity index (χ3v) is 2.10. The minimum atomic E-state index is 0.454. The molecule has 0 spiro atoms. The summed E-state index contributed by atoms with van der Waals surface area (Å²) < 4.78 is 0. The average molecular weight is 188 g/mol. The monoisotopic (exact) mass is 188 g/mol. The second-order valence-corrected chi connectivity index (χ2v) is 3.39. The van der Waals surface area contributed by atoms with Crippen LogP contribution in [0.5, 0.6) is 0 Å². The van der Waals surface area contributed by atoms with Crippen molar-refractivity contribution in [2.75, 3.05) is 0 Å². The number of allylic oxidation sites excluding steroid dienone is 3. The fourth-order valence-corrected chi connectivity index (χ4v) is 1.39. The minimum Gasteiger partial charge on any atom is -0.255 e. The molecule has 14 heavy (non-hydrogen) atoms. The molecule has 1 aliphatic heterocycles. The molecule has 0 aromatic heterocycles. The van der Waals surface area contributed by atoms with Crippen LogP contribution in [0.3, 0.4) is 0 Å². The summed E-state index contributed by atoms with van der Waals surface area (Å²) in [4.78, 5) is 8.53. The van der Waals surface area contributed by atoms with Crippen LogP contribution < -0.4 is 0 Å². The molecule has 0 bridgehead atoms. The molecule has 74 valence electrons. The summed E-state index contributed by atoms with van der Waals surface area (Å²) in [6.45, 7) is 9.89. The highest BCUT2D eigenvalue weighted by Crippen LogP contribution is 2.20. The van der Waals surface area contributed by atoms with Crippen molar-refractivity contribution in [2.24, 2.45) is 15.9 Å². The number of dihydropyridines is 1. The van der Waals surface area contributed by atoms with Gasteiger partial charge >= 0.3 is 0 Å². The zero-order valence-corrected chi connectivity index (χ0v) is 8.99. The zero-order valence-electron chi connectivity index (χ0n) is 8.99. The van der Waals surface area contributed by atoms with Crippen LogP contribution in [0.2, 0.25) is 0 Å². The lowest BCUT2D eigenvalue weighted by atomic mass is 9.94. The first-order valence-electron chi connectivity index (χ1n) is 4.80. The maximum atomic E-state index is 4.27. The summed E-state index contributed by atoms with van der Waals surface area (Å²) in [5.41, 5.74) is 3.09. The summed E-state index contributed by atoms with van der Waals surface area (Å²) in [7, 11) is 0. The standard InChI is InChI=1S/C12H16N2/c1-5-11-12(13-6-2)10(9(3)4)7-8-14-11/h5-9H,2H2,1,3-4H3/b11-5+,13-12?. The third kappa shape index (κ3) is 2.08. The van der Waals surface area contributed by atoms with Crippen LogP contribution in [-0.4, -0.2) is 11.9 Å². The Hall–Kier alpha value is -1.44. The quantitative estimate of drug-likeness (QED) is 0.636. The summed E-state index contributed by atoms with van der Waals surface area (Å²) in [5, 5.41) is 0. The van der Waals surface area contributed by atoms with Crippen molar-refractivity contribution in [1.29, 1.82) is 0 Å². The van der Waals surface area contributed by atoms with E-state index in [4.69, 9.17) is 0 Å². The van der Waals surface area contributed by atoms with E-state index in [9.17, 15) is 0 Å². The van der Waals surface area contributed by atoms with Crippen LogP contribution in [0.1, 0.15) is 20.8 Å². The lowest BCUT2D eigenvalue weighted by Gasteiger charge is -2.16. The lowest BCUT2D eigenvalue weighted by Crippen LogP contribution is -2.13. The van der Waals surface area contributed by atoms with Crippen molar-refractivity contribution in [3.63, 3.8) is 0 Å². The molecule has 0 saturated heterocycles. The van der Waals surface area contributed by atoms with E-state index >= 15 is 0 Å². The molecule has 1 aliphatic rings. The number of nitrogens with zero attached hydrogens (tertiary/aromatic N) is 2. The van der Waals surface area contributed by atoms with E-state index in [-0.39, 0.29) is 0 Å². The van der Waals surface area contributed by atoms with Crippen LogP contribution in [0.4, 0.5) is 0 Å². The predicted molar refractivity (Wildman–Crippen MR) is 62.8 cm³/mol. The largest absolute Gasteiger partial charge is 0.255 e. The topological polar surface area (TPSA) is 24.7 Å². The van der Waals surface area contributed by atoms with Gasteiger partial charge in [0.1, 0.15) is 0 Å². The summed E-state index contributed by atoms with van der Waals surface area (Å²) in [6, 6.07) is 0. The van der Waals surface area contributed by atoms with Gasteiger partial charge in [-0.05, 0) is 24.5 Å². The second kappa shape index (κ2) is 4.70. The van der Waals surface area contributed by atoms with Gasteiger partial charge in [-0.1, -0.05) is 26.5 Å². The van der Waals surface area contributed by atoms with E-state index < -0.39 is 0 Å². The van der Waals surface area contributed by atoms with Crippen LogP contribution in [0, 0.1) is 5.92 Å². The second-order valence-electron chi connectivity index (χ2n) is 3.39. The normalized spacial score (nSPS) is 21.9. The molecule has 2 nitrogen and oxygen atoms in total. The van der Waals surface area contributed by atoms with E-state index in [1.807, 2.05) is 25.3 Å². The highest BCUT2D eigenvalue weighted by Gasteiger charge is 2.16. The number of hydrogen-bond acceptors (Lipinski definition) is 2. The van der Waals surface area contributed by atoms with Crippen molar-refractivity contribution in [3.05, 3.63) is 36.2 Å². The fraction of sp³-hybridized carbons (Fsp3) is 0.333. The molecule has 1 heterocycles. The molecule has 0 unspecified atom stereocenters. The number of rotatable bonds is 2. The average Bonchev–Trinajstić information content (AvgIpc) is 2.18. The Labute approximate surface area is 85.5 Å². The van der Waals surface area contributed by atoms with Crippen LogP contribution in [-0.2, 0) is 0 Å². The first-order chi connectivity index (χ1) is 6.70.